The van der Waals surface area contributed by atoms with Crippen LogP contribution in [0.3, 0.4) is 0 Å². The molecule has 4 N–H and O–H groups in total. The Morgan fingerprint density at radius 1 is 1.28 bits per heavy atom. The van der Waals surface area contributed by atoms with E-state index in [1.54, 1.807) is 17.7 Å². The fourth-order valence-electron chi connectivity index (χ4n) is 3.39. The van der Waals surface area contributed by atoms with Crippen LogP contribution < -0.4 is 15.9 Å². The molecule has 1 aromatic carbocycles. The summed E-state index contributed by atoms with van der Waals surface area (Å²) in [5.41, 5.74) is 9.22. The molecule has 0 saturated heterocycles. The lowest BCUT2D eigenvalue weighted by atomic mass is 9.93. The van der Waals surface area contributed by atoms with Crippen molar-refractivity contribution < 1.29 is 0 Å². The largest absolute Gasteiger partial charge is 0.340 e. The molecule has 3 heterocycles. The SMILES string of the molecule is NC1CCc2c(sc3ncnc(Nc4ccc5[nH]c(=O)sc5c4)c23)C1. The minimum absolute atomic E-state index is 0.0418. The molecule has 0 bridgehead atoms. The Morgan fingerprint density at radius 2 is 2.20 bits per heavy atom. The van der Waals surface area contributed by atoms with Gasteiger partial charge in [-0.15, -0.1) is 11.3 Å². The summed E-state index contributed by atoms with van der Waals surface area (Å²) in [4.78, 5) is 25.5. The normalized spacial score (nSPS) is 17.1. The van der Waals surface area contributed by atoms with E-state index in [1.165, 1.54) is 21.8 Å². The smallest absolute Gasteiger partial charge is 0.305 e. The van der Waals surface area contributed by atoms with Crippen molar-refractivity contribution in [3.8, 4) is 0 Å². The van der Waals surface area contributed by atoms with Crippen molar-refractivity contribution in [3.05, 3.63) is 44.6 Å². The highest BCUT2D eigenvalue weighted by molar-refractivity contribution is 7.19. The number of benzene rings is 1. The van der Waals surface area contributed by atoms with Crippen LogP contribution in [0.1, 0.15) is 16.9 Å². The van der Waals surface area contributed by atoms with Gasteiger partial charge in [0.15, 0.2) is 0 Å². The predicted molar refractivity (Wildman–Crippen MR) is 103 cm³/mol. The summed E-state index contributed by atoms with van der Waals surface area (Å²) in [7, 11) is 0. The molecule has 0 fully saturated rings. The van der Waals surface area contributed by atoms with Crippen LogP contribution in [0.25, 0.3) is 20.4 Å². The molecule has 1 aliphatic rings. The Bertz CT molecular complexity index is 1160. The van der Waals surface area contributed by atoms with Gasteiger partial charge in [-0.1, -0.05) is 11.3 Å². The number of fused-ring (bicyclic) bond motifs is 4. The van der Waals surface area contributed by atoms with Crippen LogP contribution in [0, 0.1) is 0 Å². The molecule has 8 heteroatoms. The quantitative estimate of drug-likeness (QED) is 0.504. The second-order valence-electron chi connectivity index (χ2n) is 6.26. The Hall–Kier alpha value is -2.29. The predicted octanol–water partition coefficient (Wildman–Crippen LogP) is 3.15. The number of aromatic nitrogens is 3. The zero-order valence-electron chi connectivity index (χ0n) is 13.2. The van der Waals surface area contributed by atoms with Gasteiger partial charge in [0.2, 0.25) is 0 Å². The van der Waals surface area contributed by atoms with Crippen molar-refractivity contribution in [1.82, 2.24) is 15.0 Å². The van der Waals surface area contributed by atoms with Crippen molar-refractivity contribution in [2.45, 2.75) is 25.3 Å². The summed E-state index contributed by atoms with van der Waals surface area (Å²) in [5.74, 6) is 0.820. The van der Waals surface area contributed by atoms with Crippen LogP contribution in [-0.4, -0.2) is 21.0 Å². The molecular formula is C17H15N5OS2. The number of thiazole rings is 1. The van der Waals surface area contributed by atoms with Gasteiger partial charge in [-0.2, -0.15) is 0 Å². The standard InChI is InChI=1S/C17H15N5OS2/c18-8-1-3-10-12(5-8)24-16-14(10)15(19-7-20-16)21-9-2-4-11-13(6-9)25-17(23)22-11/h2,4,6-8H,1,3,5,18H2,(H,22,23)(H,19,20,21). The van der Waals surface area contributed by atoms with E-state index in [0.717, 1.165) is 51.2 Å². The number of aryl methyl sites for hydroxylation is 1. The second-order valence-corrected chi connectivity index (χ2v) is 8.36. The number of aromatic amines is 1. The molecule has 6 nitrogen and oxygen atoms in total. The molecule has 4 aromatic rings. The Balaban J connectivity index is 1.60. The first kappa shape index (κ1) is 15.0. The van der Waals surface area contributed by atoms with Gasteiger partial charge in [-0.25, -0.2) is 9.97 Å². The number of thiophene rings is 1. The van der Waals surface area contributed by atoms with E-state index < -0.39 is 0 Å². The van der Waals surface area contributed by atoms with Gasteiger partial charge in [0.1, 0.15) is 17.0 Å². The molecule has 126 valence electrons. The molecule has 1 aliphatic carbocycles. The number of anilines is 2. The maximum absolute atomic E-state index is 11.5. The maximum atomic E-state index is 11.5. The number of hydrogen-bond donors (Lipinski definition) is 3. The zero-order valence-corrected chi connectivity index (χ0v) is 14.8. The van der Waals surface area contributed by atoms with Crippen molar-refractivity contribution >= 4 is 54.6 Å². The van der Waals surface area contributed by atoms with Crippen molar-refractivity contribution in [3.63, 3.8) is 0 Å². The lowest BCUT2D eigenvalue weighted by Gasteiger charge is -2.18. The number of H-pyrrole nitrogens is 1. The summed E-state index contributed by atoms with van der Waals surface area (Å²) < 4.78 is 0.929. The van der Waals surface area contributed by atoms with Crippen molar-refractivity contribution in [2.24, 2.45) is 5.73 Å². The molecule has 5 rings (SSSR count). The van der Waals surface area contributed by atoms with Crippen molar-refractivity contribution in [1.29, 1.82) is 0 Å². The average Bonchev–Trinajstić information content (AvgIpc) is 3.13. The molecule has 0 spiro atoms. The first-order valence-corrected chi connectivity index (χ1v) is 9.71. The highest BCUT2D eigenvalue weighted by Crippen LogP contribution is 2.38. The first-order valence-electron chi connectivity index (χ1n) is 8.08. The first-order chi connectivity index (χ1) is 12.2. The Kier molecular flexibility index (Phi) is 3.37. The molecule has 25 heavy (non-hydrogen) atoms. The minimum atomic E-state index is -0.0418. The lowest BCUT2D eigenvalue weighted by Crippen LogP contribution is -2.26. The van der Waals surface area contributed by atoms with Crippen LogP contribution in [0.4, 0.5) is 11.5 Å². The Morgan fingerprint density at radius 3 is 3.12 bits per heavy atom. The van der Waals surface area contributed by atoms with Crippen LogP contribution in [-0.2, 0) is 12.8 Å². The third kappa shape index (κ3) is 2.53. The summed E-state index contributed by atoms with van der Waals surface area (Å²) in [6.45, 7) is 0. The summed E-state index contributed by atoms with van der Waals surface area (Å²) >= 11 is 2.93. The number of hydrogen-bond acceptors (Lipinski definition) is 7. The van der Waals surface area contributed by atoms with Gasteiger partial charge < -0.3 is 16.0 Å². The van der Waals surface area contributed by atoms with Crippen LogP contribution >= 0.6 is 22.7 Å². The van der Waals surface area contributed by atoms with Gasteiger partial charge in [-0.3, -0.25) is 4.79 Å². The maximum Gasteiger partial charge on any atom is 0.305 e. The van der Waals surface area contributed by atoms with Crippen LogP contribution in [0.5, 0.6) is 0 Å². The molecule has 0 saturated carbocycles. The van der Waals surface area contributed by atoms with Crippen LogP contribution in [0.2, 0.25) is 0 Å². The molecule has 0 amide bonds. The number of nitrogens with two attached hydrogens (primary N) is 1. The molecule has 0 aliphatic heterocycles. The van der Waals surface area contributed by atoms with E-state index in [4.69, 9.17) is 5.73 Å². The topological polar surface area (TPSA) is 96.7 Å². The van der Waals surface area contributed by atoms with E-state index in [9.17, 15) is 4.79 Å². The number of nitrogens with one attached hydrogen (secondary N) is 2. The van der Waals surface area contributed by atoms with E-state index in [2.05, 4.69) is 20.3 Å². The van der Waals surface area contributed by atoms with E-state index >= 15 is 0 Å². The number of rotatable bonds is 2. The molecular weight excluding hydrogens is 354 g/mol. The van der Waals surface area contributed by atoms with Gasteiger partial charge in [0.25, 0.3) is 0 Å². The summed E-state index contributed by atoms with van der Waals surface area (Å²) in [5, 5.41) is 4.52. The Labute approximate surface area is 150 Å². The minimum Gasteiger partial charge on any atom is -0.340 e. The fourth-order valence-corrected chi connectivity index (χ4v) is 5.45. The van der Waals surface area contributed by atoms with Crippen LogP contribution in [0.15, 0.2) is 29.3 Å². The molecule has 0 radical (unpaired) electrons. The van der Waals surface area contributed by atoms with Crippen molar-refractivity contribution in [2.75, 3.05) is 5.32 Å². The third-order valence-corrected chi connectivity index (χ3v) is 6.57. The van der Waals surface area contributed by atoms with Gasteiger partial charge in [0, 0.05) is 16.6 Å². The fraction of sp³-hybridized carbons (Fsp3) is 0.235. The summed E-state index contributed by atoms with van der Waals surface area (Å²) in [6, 6.07) is 6.08. The van der Waals surface area contributed by atoms with Gasteiger partial charge >= 0.3 is 4.87 Å². The molecule has 3 aromatic heterocycles. The monoisotopic (exact) mass is 369 g/mol. The highest BCUT2D eigenvalue weighted by atomic mass is 32.1. The zero-order chi connectivity index (χ0) is 17.0. The van der Waals surface area contributed by atoms with Gasteiger partial charge in [0.05, 0.1) is 15.6 Å². The number of nitrogens with zero attached hydrogens (tertiary/aromatic N) is 2. The average molecular weight is 369 g/mol. The van der Waals surface area contributed by atoms with E-state index in [0.29, 0.717) is 0 Å². The second kappa shape index (κ2) is 5.62. The lowest BCUT2D eigenvalue weighted by molar-refractivity contribution is 0.586. The van der Waals surface area contributed by atoms with Gasteiger partial charge in [-0.05, 0) is 43.0 Å². The van der Waals surface area contributed by atoms with E-state index in [1.807, 2.05) is 18.2 Å². The third-order valence-electron chi connectivity index (χ3n) is 4.57. The molecule has 1 atom stereocenters. The van der Waals surface area contributed by atoms with E-state index in [-0.39, 0.29) is 10.9 Å². The molecule has 1 unspecified atom stereocenters. The highest BCUT2D eigenvalue weighted by Gasteiger charge is 2.23. The summed E-state index contributed by atoms with van der Waals surface area (Å²) in [6.07, 6.45) is 4.48.